The summed E-state index contributed by atoms with van der Waals surface area (Å²) in [5, 5.41) is 2.69. The zero-order chi connectivity index (χ0) is 33.8. The second-order valence-corrected chi connectivity index (χ2v) is 13.4. The minimum atomic E-state index is 0.820. The first kappa shape index (κ1) is 34.0. The molecule has 0 aromatic heterocycles. The Morgan fingerprint density at radius 1 is 0.333 bits per heavy atom. The molecule has 2 heteroatoms. The van der Waals surface area contributed by atoms with Gasteiger partial charge in [0.15, 0.2) is 0 Å². The Bertz CT molecular complexity index is 1830. The smallest absolute Gasteiger partial charge is 0.142 e. The molecule has 0 heterocycles. The van der Waals surface area contributed by atoms with Crippen molar-refractivity contribution in [1.29, 1.82) is 0 Å². The normalized spacial score (nSPS) is 11.9. The molecule has 4 rings (SSSR count). The van der Waals surface area contributed by atoms with E-state index >= 15 is 0 Å². The molecule has 0 amide bonds. The summed E-state index contributed by atoms with van der Waals surface area (Å²) in [6.45, 7) is 36.6. The molecule has 4 aromatic rings. The number of rotatable bonds is 6. The molecule has 4 aromatic carbocycles. The molecule has 45 heavy (non-hydrogen) atoms. The molecule has 0 fully saturated rings. The van der Waals surface area contributed by atoms with E-state index in [-0.39, 0.29) is 0 Å². The van der Waals surface area contributed by atoms with Gasteiger partial charge in [-0.2, -0.15) is 0 Å². The highest BCUT2D eigenvalue weighted by Crippen LogP contribution is 2.51. The Kier molecular flexibility index (Phi) is 9.41. The summed E-state index contributed by atoms with van der Waals surface area (Å²) in [6, 6.07) is 0. The molecule has 0 saturated carbocycles. The number of aldehydes is 1. The fourth-order valence-corrected chi connectivity index (χ4v) is 7.70. The van der Waals surface area contributed by atoms with E-state index < -0.39 is 0 Å². The lowest BCUT2D eigenvalue weighted by atomic mass is 9.83. The third-order valence-electron chi connectivity index (χ3n) is 11.5. The van der Waals surface area contributed by atoms with Crippen molar-refractivity contribution in [3.8, 4) is 0 Å². The minimum Gasteiger partial charge on any atom is -0.309 e. The number of allylic oxidation sites excluding steroid dienone is 3. The molecular formula is C43H53NO. The van der Waals surface area contributed by atoms with Gasteiger partial charge in [-0.3, -0.25) is 4.79 Å². The van der Waals surface area contributed by atoms with Gasteiger partial charge in [0.25, 0.3) is 0 Å². The maximum absolute atomic E-state index is 10.9. The monoisotopic (exact) mass is 599 g/mol. The van der Waals surface area contributed by atoms with Crippen molar-refractivity contribution in [3.63, 3.8) is 0 Å². The van der Waals surface area contributed by atoms with E-state index in [0.717, 1.165) is 6.29 Å². The SMILES string of the molecule is Cc1c(C)c(C)c(N(c2c(C)c(C)c(C)c(C)c2C)c2c(C)c(C)c3c(C)c(/C=C/C=C\C=O)c(C)c(C)c3c2C)c(C)c1C. The summed E-state index contributed by atoms with van der Waals surface area (Å²) in [5.74, 6) is 0. The number of fused-ring (bicyclic) bond motifs is 1. The number of carbonyl (C=O) groups excluding carboxylic acids is 1. The number of carbonyl (C=O) groups is 1. The number of nitrogens with zero attached hydrogens (tertiary/aromatic N) is 1. The van der Waals surface area contributed by atoms with Gasteiger partial charge in [-0.15, -0.1) is 0 Å². The first-order chi connectivity index (χ1) is 21.0. The van der Waals surface area contributed by atoms with Crippen LogP contribution >= 0.6 is 0 Å². The van der Waals surface area contributed by atoms with Crippen LogP contribution in [0.3, 0.4) is 0 Å². The van der Waals surface area contributed by atoms with Crippen LogP contribution in [0.2, 0.25) is 0 Å². The van der Waals surface area contributed by atoms with Crippen LogP contribution < -0.4 is 4.90 Å². The maximum atomic E-state index is 10.9. The highest BCUT2D eigenvalue weighted by atomic mass is 16.1. The number of anilines is 3. The van der Waals surface area contributed by atoms with E-state index in [1.165, 1.54) is 128 Å². The first-order valence-electron chi connectivity index (χ1n) is 16.3. The number of hydrogen-bond acceptors (Lipinski definition) is 2. The van der Waals surface area contributed by atoms with Crippen molar-refractivity contribution in [2.45, 2.75) is 111 Å². The summed E-state index contributed by atoms with van der Waals surface area (Å²) in [6.07, 6.45) is 8.29. The highest BCUT2D eigenvalue weighted by molar-refractivity contribution is 6.04. The minimum absolute atomic E-state index is 0.820. The fourth-order valence-electron chi connectivity index (χ4n) is 7.70. The Morgan fingerprint density at radius 3 is 1.09 bits per heavy atom. The Labute approximate surface area is 272 Å². The Balaban J connectivity index is 2.30. The van der Waals surface area contributed by atoms with E-state index in [4.69, 9.17) is 0 Å². The number of hydrogen-bond donors (Lipinski definition) is 0. The Hall–Kier alpha value is -3.91. The van der Waals surface area contributed by atoms with Gasteiger partial charge in [-0.1, -0.05) is 18.2 Å². The third kappa shape index (κ3) is 5.17. The highest BCUT2D eigenvalue weighted by Gasteiger charge is 2.30. The van der Waals surface area contributed by atoms with E-state index in [1.54, 1.807) is 0 Å². The van der Waals surface area contributed by atoms with E-state index in [2.05, 4.69) is 122 Å². The molecule has 0 saturated heterocycles. The largest absolute Gasteiger partial charge is 0.309 e. The van der Waals surface area contributed by atoms with Gasteiger partial charge in [0.1, 0.15) is 6.29 Å². The van der Waals surface area contributed by atoms with Crippen LogP contribution in [0.5, 0.6) is 0 Å². The van der Waals surface area contributed by atoms with Crippen molar-refractivity contribution in [3.05, 3.63) is 113 Å². The van der Waals surface area contributed by atoms with Crippen LogP contribution in [-0.2, 0) is 4.79 Å². The van der Waals surface area contributed by atoms with Gasteiger partial charge in [0.05, 0.1) is 17.1 Å². The van der Waals surface area contributed by atoms with Crippen molar-refractivity contribution >= 4 is 40.2 Å². The second kappa shape index (κ2) is 12.5. The predicted octanol–water partition coefficient (Wildman–Crippen LogP) is 12.0. The molecule has 0 bridgehead atoms. The van der Waals surface area contributed by atoms with Gasteiger partial charge in [-0.05, 0) is 222 Å². The zero-order valence-electron chi connectivity index (χ0n) is 30.7. The Morgan fingerprint density at radius 2 is 0.667 bits per heavy atom. The average Bonchev–Trinajstić information content (AvgIpc) is 3.01. The van der Waals surface area contributed by atoms with Crippen molar-refractivity contribution in [2.75, 3.05) is 4.90 Å². The van der Waals surface area contributed by atoms with Crippen LogP contribution in [0, 0.1) is 111 Å². The summed E-state index contributed by atoms with van der Waals surface area (Å²) in [5.41, 5.74) is 26.6. The molecule has 0 aliphatic heterocycles. The molecule has 0 N–H and O–H groups in total. The fraction of sp³-hybridized carbons (Fsp3) is 0.372. The quantitative estimate of drug-likeness (QED) is 0.125. The molecule has 0 atom stereocenters. The van der Waals surface area contributed by atoms with E-state index in [0.29, 0.717) is 0 Å². The molecular weight excluding hydrogens is 546 g/mol. The van der Waals surface area contributed by atoms with Gasteiger partial charge < -0.3 is 4.90 Å². The van der Waals surface area contributed by atoms with E-state index in [9.17, 15) is 4.79 Å². The molecule has 0 unspecified atom stereocenters. The molecule has 0 aliphatic carbocycles. The lowest BCUT2D eigenvalue weighted by Gasteiger charge is -2.37. The van der Waals surface area contributed by atoms with Gasteiger partial charge in [0.2, 0.25) is 0 Å². The molecule has 0 aliphatic rings. The zero-order valence-corrected chi connectivity index (χ0v) is 30.7. The lowest BCUT2D eigenvalue weighted by molar-refractivity contribution is -0.104. The summed E-state index contributed by atoms with van der Waals surface area (Å²) in [7, 11) is 0. The van der Waals surface area contributed by atoms with Crippen LogP contribution in [0.15, 0.2) is 18.2 Å². The number of aryl methyl sites for hydroxylation is 4. The first-order valence-corrected chi connectivity index (χ1v) is 16.3. The van der Waals surface area contributed by atoms with Crippen molar-refractivity contribution in [2.24, 2.45) is 0 Å². The molecule has 236 valence electrons. The van der Waals surface area contributed by atoms with Crippen LogP contribution in [0.1, 0.15) is 94.6 Å². The summed E-state index contributed by atoms with van der Waals surface area (Å²) >= 11 is 0. The summed E-state index contributed by atoms with van der Waals surface area (Å²) in [4.78, 5) is 13.5. The third-order valence-corrected chi connectivity index (χ3v) is 11.5. The second-order valence-electron chi connectivity index (χ2n) is 13.4. The van der Waals surface area contributed by atoms with Crippen LogP contribution in [0.25, 0.3) is 16.8 Å². The molecule has 0 radical (unpaired) electrons. The lowest BCUT2D eigenvalue weighted by Crippen LogP contribution is -2.21. The standard InChI is InChI=1S/C43H53NO/c1-22-24(3)31(10)41(32(11)25(22)4)44(42-33(12)26(5)23(2)27(6)34(42)13)43-35(14)30(9)39-36(15)38(20-18-17-19-21-45)28(7)29(8)40(39)37(43)16/h17-21H,1-16H3/b19-17-,20-18+. The predicted molar refractivity (Wildman–Crippen MR) is 199 cm³/mol. The van der Waals surface area contributed by atoms with Gasteiger partial charge >= 0.3 is 0 Å². The summed E-state index contributed by atoms with van der Waals surface area (Å²) < 4.78 is 0. The van der Waals surface area contributed by atoms with Gasteiger partial charge in [0, 0.05) is 0 Å². The van der Waals surface area contributed by atoms with E-state index in [1.807, 2.05) is 12.2 Å². The van der Waals surface area contributed by atoms with Crippen LogP contribution in [-0.4, -0.2) is 6.29 Å². The topological polar surface area (TPSA) is 20.3 Å². The van der Waals surface area contributed by atoms with Crippen molar-refractivity contribution in [1.82, 2.24) is 0 Å². The number of benzene rings is 4. The average molecular weight is 600 g/mol. The maximum Gasteiger partial charge on any atom is 0.142 e. The van der Waals surface area contributed by atoms with Crippen LogP contribution in [0.4, 0.5) is 17.1 Å². The molecule has 2 nitrogen and oxygen atoms in total. The van der Waals surface area contributed by atoms with Crippen molar-refractivity contribution < 1.29 is 4.79 Å². The van der Waals surface area contributed by atoms with Gasteiger partial charge in [-0.25, -0.2) is 0 Å². The molecule has 0 spiro atoms.